The van der Waals surface area contributed by atoms with Gasteiger partial charge in [0.05, 0.1) is 13.7 Å². The number of hydrogen-bond acceptors (Lipinski definition) is 4. The minimum atomic E-state index is 0.0156. The largest absolute Gasteiger partial charge is 0.497 e. The van der Waals surface area contributed by atoms with Gasteiger partial charge in [-0.1, -0.05) is 35.5 Å². The van der Waals surface area contributed by atoms with Crippen molar-refractivity contribution in [3.05, 3.63) is 59.7 Å². The smallest absolute Gasteiger partial charge is 0.170 e. The molecule has 0 aliphatic rings. The predicted octanol–water partition coefficient (Wildman–Crippen LogP) is 2.41. The van der Waals surface area contributed by atoms with E-state index in [0.29, 0.717) is 23.7 Å². The Labute approximate surface area is 123 Å². The van der Waals surface area contributed by atoms with Gasteiger partial charge in [0, 0.05) is 18.1 Å². The van der Waals surface area contributed by atoms with E-state index < -0.39 is 0 Å². The number of ether oxygens (including phenoxy) is 2. The third kappa shape index (κ3) is 4.14. The molecule has 0 bridgehead atoms. The van der Waals surface area contributed by atoms with Crippen molar-refractivity contribution in [2.24, 2.45) is 10.9 Å². The van der Waals surface area contributed by atoms with Gasteiger partial charge < -0.3 is 20.4 Å². The van der Waals surface area contributed by atoms with E-state index in [1.165, 1.54) is 5.56 Å². The van der Waals surface area contributed by atoms with Crippen molar-refractivity contribution >= 4 is 5.84 Å². The fourth-order valence-corrected chi connectivity index (χ4v) is 1.91. The van der Waals surface area contributed by atoms with Crippen LogP contribution in [0.2, 0.25) is 0 Å². The summed E-state index contributed by atoms with van der Waals surface area (Å²) in [7, 11) is 1.55. The van der Waals surface area contributed by atoms with Crippen molar-refractivity contribution in [3.8, 4) is 11.5 Å². The van der Waals surface area contributed by atoms with Crippen LogP contribution in [0, 0.1) is 0 Å². The molecular weight excluding hydrogens is 268 g/mol. The third-order valence-corrected chi connectivity index (χ3v) is 3.02. The maximum atomic E-state index is 8.75. The van der Waals surface area contributed by atoms with Gasteiger partial charge in [-0.05, 0) is 17.7 Å². The summed E-state index contributed by atoms with van der Waals surface area (Å²) >= 11 is 0. The van der Waals surface area contributed by atoms with Gasteiger partial charge >= 0.3 is 0 Å². The molecule has 0 saturated heterocycles. The Morgan fingerprint density at radius 2 is 1.86 bits per heavy atom. The zero-order chi connectivity index (χ0) is 15.1. The lowest BCUT2D eigenvalue weighted by Gasteiger charge is -2.10. The molecule has 2 rings (SSSR count). The van der Waals surface area contributed by atoms with Crippen LogP contribution in [-0.2, 0) is 6.42 Å². The van der Waals surface area contributed by atoms with Crippen molar-refractivity contribution in [1.82, 2.24) is 0 Å². The fourth-order valence-electron chi connectivity index (χ4n) is 1.91. The highest BCUT2D eigenvalue weighted by atomic mass is 16.5. The van der Waals surface area contributed by atoms with E-state index in [4.69, 9.17) is 20.4 Å². The third-order valence-electron chi connectivity index (χ3n) is 3.02. The maximum Gasteiger partial charge on any atom is 0.170 e. The van der Waals surface area contributed by atoms with E-state index >= 15 is 0 Å². The summed E-state index contributed by atoms with van der Waals surface area (Å²) in [5.74, 6) is 1.22. The first-order valence-corrected chi connectivity index (χ1v) is 6.56. The van der Waals surface area contributed by atoms with Crippen molar-refractivity contribution < 1.29 is 14.7 Å². The number of amidine groups is 1. The van der Waals surface area contributed by atoms with Gasteiger partial charge in [0.25, 0.3) is 0 Å². The first-order valence-electron chi connectivity index (χ1n) is 6.56. The topological polar surface area (TPSA) is 77.1 Å². The van der Waals surface area contributed by atoms with Crippen LogP contribution in [0.4, 0.5) is 0 Å². The molecule has 0 fully saturated rings. The maximum absolute atomic E-state index is 8.75. The van der Waals surface area contributed by atoms with E-state index in [2.05, 4.69) is 17.3 Å². The van der Waals surface area contributed by atoms with Crippen LogP contribution in [0.25, 0.3) is 0 Å². The van der Waals surface area contributed by atoms with Crippen LogP contribution in [0.3, 0.4) is 0 Å². The number of methoxy groups -OCH3 is 1. The second kappa shape index (κ2) is 7.19. The minimum Gasteiger partial charge on any atom is -0.497 e. The van der Waals surface area contributed by atoms with Crippen molar-refractivity contribution in [3.63, 3.8) is 0 Å². The van der Waals surface area contributed by atoms with Gasteiger partial charge in [0.1, 0.15) is 11.5 Å². The minimum absolute atomic E-state index is 0.0156. The van der Waals surface area contributed by atoms with E-state index in [0.717, 1.165) is 6.42 Å². The molecule has 0 aliphatic heterocycles. The zero-order valence-electron chi connectivity index (χ0n) is 11.8. The van der Waals surface area contributed by atoms with Crippen molar-refractivity contribution in [1.29, 1.82) is 0 Å². The van der Waals surface area contributed by atoms with Crippen molar-refractivity contribution in [2.75, 3.05) is 13.7 Å². The van der Waals surface area contributed by atoms with Gasteiger partial charge in [0.15, 0.2) is 5.84 Å². The standard InChI is InChI=1S/C16H18N2O3/c1-20-14-9-13(16(17)18-19)10-15(11-14)21-8-7-12-5-3-2-4-6-12/h2-6,9-11,19H,7-8H2,1H3,(H2,17,18). The summed E-state index contributed by atoms with van der Waals surface area (Å²) in [6, 6.07) is 15.2. The lowest BCUT2D eigenvalue weighted by Crippen LogP contribution is -2.13. The molecule has 2 aromatic rings. The molecular formula is C16H18N2O3. The van der Waals surface area contributed by atoms with Gasteiger partial charge in [-0.2, -0.15) is 0 Å². The molecule has 0 atom stereocenters. The first kappa shape index (κ1) is 14.7. The van der Waals surface area contributed by atoms with E-state index in [9.17, 15) is 0 Å². The van der Waals surface area contributed by atoms with E-state index in [1.54, 1.807) is 25.3 Å². The second-order valence-electron chi connectivity index (χ2n) is 4.47. The van der Waals surface area contributed by atoms with E-state index in [1.807, 2.05) is 18.2 Å². The summed E-state index contributed by atoms with van der Waals surface area (Å²) in [5.41, 5.74) is 7.35. The lowest BCUT2D eigenvalue weighted by molar-refractivity contribution is 0.317. The molecule has 3 N–H and O–H groups in total. The Kier molecular flexibility index (Phi) is 5.04. The van der Waals surface area contributed by atoms with Crippen LogP contribution >= 0.6 is 0 Å². The summed E-state index contributed by atoms with van der Waals surface area (Å²) in [4.78, 5) is 0. The molecule has 0 radical (unpaired) electrons. The van der Waals surface area contributed by atoms with Gasteiger partial charge in [-0.15, -0.1) is 0 Å². The molecule has 0 heterocycles. The Morgan fingerprint density at radius 1 is 1.14 bits per heavy atom. The number of hydrogen-bond donors (Lipinski definition) is 2. The molecule has 5 nitrogen and oxygen atoms in total. The molecule has 0 spiro atoms. The molecule has 110 valence electrons. The highest BCUT2D eigenvalue weighted by Crippen LogP contribution is 2.23. The molecule has 0 amide bonds. The van der Waals surface area contributed by atoms with Crippen LogP contribution < -0.4 is 15.2 Å². The number of nitrogens with two attached hydrogens (primary N) is 1. The average molecular weight is 286 g/mol. The Hall–Kier alpha value is -2.69. The number of nitrogens with zero attached hydrogens (tertiary/aromatic N) is 1. The Morgan fingerprint density at radius 3 is 2.52 bits per heavy atom. The number of oxime groups is 1. The molecule has 0 aromatic heterocycles. The van der Waals surface area contributed by atoms with Gasteiger partial charge in [-0.3, -0.25) is 0 Å². The fraction of sp³-hybridized carbons (Fsp3) is 0.188. The number of benzene rings is 2. The number of rotatable bonds is 6. The van der Waals surface area contributed by atoms with Crippen LogP contribution in [0.1, 0.15) is 11.1 Å². The zero-order valence-corrected chi connectivity index (χ0v) is 11.8. The molecule has 0 aliphatic carbocycles. The average Bonchev–Trinajstić information content (AvgIpc) is 2.54. The van der Waals surface area contributed by atoms with Crippen molar-refractivity contribution in [2.45, 2.75) is 6.42 Å². The van der Waals surface area contributed by atoms with Crippen LogP contribution in [-0.4, -0.2) is 24.8 Å². The Bertz CT molecular complexity index is 612. The normalized spacial score (nSPS) is 11.2. The molecule has 21 heavy (non-hydrogen) atoms. The van der Waals surface area contributed by atoms with Crippen LogP contribution in [0.5, 0.6) is 11.5 Å². The SMILES string of the molecule is COc1cc(OCCc2ccccc2)cc(/C(N)=N/O)c1. The highest BCUT2D eigenvalue weighted by molar-refractivity contribution is 5.97. The summed E-state index contributed by atoms with van der Waals surface area (Å²) < 4.78 is 10.9. The lowest BCUT2D eigenvalue weighted by atomic mass is 10.1. The Balaban J connectivity index is 2.05. The van der Waals surface area contributed by atoms with Gasteiger partial charge in [0.2, 0.25) is 0 Å². The predicted molar refractivity (Wildman–Crippen MR) is 81.1 cm³/mol. The molecule has 5 heteroatoms. The van der Waals surface area contributed by atoms with Crippen LogP contribution in [0.15, 0.2) is 53.7 Å². The molecule has 2 aromatic carbocycles. The van der Waals surface area contributed by atoms with Gasteiger partial charge in [-0.25, -0.2) is 0 Å². The molecule has 0 saturated carbocycles. The quantitative estimate of drug-likeness (QED) is 0.370. The highest BCUT2D eigenvalue weighted by Gasteiger charge is 2.06. The molecule has 0 unspecified atom stereocenters. The first-order chi connectivity index (χ1) is 10.2. The second-order valence-corrected chi connectivity index (χ2v) is 4.47. The summed E-state index contributed by atoms with van der Waals surface area (Å²) in [5, 5.41) is 11.7. The van der Waals surface area contributed by atoms with E-state index in [-0.39, 0.29) is 5.84 Å². The monoisotopic (exact) mass is 286 g/mol. The summed E-state index contributed by atoms with van der Waals surface area (Å²) in [6.07, 6.45) is 0.803. The summed E-state index contributed by atoms with van der Waals surface area (Å²) in [6.45, 7) is 0.535.